The Hall–Kier alpha value is -0.800. The minimum absolute atomic E-state index is 0.511. The maximum absolute atomic E-state index is 5.70. The fourth-order valence-corrected chi connectivity index (χ4v) is 2.49. The fraction of sp³-hybridized carbons (Fsp3) is 0.385. The van der Waals surface area contributed by atoms with Crippen molar-refractivity contribution in [3.05, 3.63) is 30.4 Å². The van der Waals surface area contributed by atoms with Crippen LogP contribution in [0, 0.1) is 0 Å². The minimum Gasteiger partial charge on any atom is -0.490 e. The number of rotatable bonds is 4. The van der Waals surface area contributed by atoms with Gasteiger partial charge in [-0.25, -0.2) is 0 Å². The third kappa shape index (κ3) is 3.58. The molecule has 0 unspecified atom stereocenters. The molecule has 17 heavy (non-hydrogen) atoms. The Labute approximate surface area is 111 Å². The lowest BCUT2D eigenvalue weighted by molar-refractivity contribution is 0.297. The Morgan fingerprint density at radius 1 is 1.29 bits per heavy atom. The Morgan fingerprint density at radius 2 is 2.06 bits per heavy atom. The zero-order valence-corrected chi connectivity index (χ0v) is 11.1. The first-order valence-electron chi connectivity index (χ1n) is 5.54. The van der Waals surface area contributed by atoms with Crippen molar-refractivity contribution in [2.24, 2.45) is 0 Å². The summed E-state index contributed by atoms with van der Waals surface area (Å²) in [5.41, 5.74) is 1.03. The summed E-state index contributed by atoms with van der Waals surface area (Å²) in [5, 5.41) is 0. The maximum atomic E-state index is 5.70. The number of ether oxygens (including phenoxy) is 2. The van der Waals surface area contributed by atoms with Crippen LogP contribution in [0.1, 0.15) is 6.42 Å². The predicted molar refractivity (Wildman–Crippen MR) is 72.6 cm³/mol. The summed E-state index contributed by atoms with van der Waals surface area (Å²) in [6.07, 6.45) is 0.931. The zero-order valence-electron chi connectivity index (χ0n) is 9.58. The van der Waals surface area contributed by atoms with E-state index in [-0.39, 0.29) is 0 Å². The van der Waals surface area contributed by atoms with E-state index in [9.17, 15) is 0 Å². The predicted octanol–water partition coefficient (Wildman–Crippen LogP) is 3.74. The standard InChI is InChI=1S/C13H15ClO2S/c1-10(8-14)9-17-11-3-4-12-13(7-11)16-6-2-5-15-12/h3-4,7H,1-2,5-6,8-9H2. The van der Waals surface area contributed by atoms with Gasteiger partial charge in [-0.05, 0) is 18.2 Å². The van der Waals surface area contributed by atoms with E-state index in [0.29, 0.717) is 5.88 Å². The lowest BCUT2D eigenvalue weighted by atomic mass is 10.3. The van der Waals surface area contributed by atoms with Crippen LogP contribution in [0.4, 0.5) is 0 Å². The van der Waals surface area contributed by atoms with Gasteiger partial charge in [0.25, 0.3) is 0 Å². The molecule has 0 bridgehead atoms. The van der Waals surface area contributed by atoms with Crippen LogP contribution in [0.25, 0.3) is 0 Å². The quantitative estimate of drug-likeness (QED) is 0.472. The molecule has 0 saturated heterocycles. The Bertz CT molecular complexity index is 406. The van der Waals surface area contributed by atoms with Crippen molar-refractivity contribution in [3.63, 3.8) is 0 Å². The van der Waals surface area contributed by atoms with Crippen molar-refractivity contribution in [2.45, 2.75) is 11.3 Å². The average molecular weight is 271 g/mol. The third-order valence-electron chi connectivity index (χ3n) is 2.35. The zero-order chi connectivity index (χ0) is 12.1. The van der Waals surface area contributed by atoms with Crippen molar-refractivity contribution in [3.8, 4) is 11.5 Å². The van der Waals surface area contributed by atoms with Crippen molar-refractivity contribution in [2.75, 3.05) is 24.8 Å². The molecule has 1 aromatic rings. The molecule has 0 N–H and O–H groups in total. The molecule has 0 spiro atoms. The van der Waals surface area contributed by atoms with Gasteiger partial charge in [0.2, 0.25) is 0 Å². The number of alkyl halides is 1. The molecule has 1 heterocycles. The van der Waals surface area contributed by atoms with Gasteiger partial charge in [0.1, 0.15) is 0 Å². The summed E-state index contributed by atoms with van der Waals surface area (Å²) in [5.74, 6) is 3.02. The highest BCUT2D eigenvalue weighted by Crippen LogP contribution is 2.34. The van der Waals surface area contributed by atoms with Gasteiger partial charge in [-0.2, -0.15) is 0 Å². The molecule has 2 nitrogen and oxygen atoms in total. The first kappa shape index (κ1) is 12.7. The second-order valence-electron chi connectivity index (χ2n) is 3.83. The lowest BCUT2D eigenvalue weighted by Gasteiger charge is -2.09. The van der Waals surface area contributed by atoms with Crippen LogP contribution in [0.2, 0.25) is 0 Å². The minimum atomic E-state index is 0.511. The van der Waals surface area contributed by atoms with Gasteiger partial charge in [0, 0.05) is 22.9 Å². The largest absolute Gasteiger partial charge is 0.490 e. The first-order valence-corrected chi connectivity index (χ1v) is 7.06. The van der Waals surface area contributed by atoms with Gasteiger partial charge in [0.05, 0.1) is 13.2 Å². The molecule has 1 aromatic carbocycles. The molecule has 1 aliphatic rings. The maximum Gasteiger partial charge on any atom is 0.162 e. The van der Waals surface area contributed by atoms with E-state index in [1.807, 2.05) is 18.2 Å². The number of benzene rings is 1. The Balaban J connectivity index is 2.04. The molecule has 0 saturated carbocycles. The lowest BCUT2D eigenvalue weighted by Crippen LogP contribution is -1.97. The highest BCUT2D eigenvalue weighted by molar-refractivity contribution is 7.99. The molecule has 0 amide bonds. The normalized spacial score (nSPS) is 14.2. The molecule has 0 fully saturated rings. The first-order chi connectivity index (χ1) is 8.29. The van der Waals surface area contributed by atoms with Gasteiger partial charge in [-0.3, -0.25) is 0 Å². The van der Waals surface area contributed by atoms with E-state index in [4.69, 9.17) is 21.1 Å². The molecule has 0 radical (unpaired) electrons. The fourth-order valence-electron chi connectivity index (χ4n) is 1.46. The van der Waals surface area contributed by atoms with E-state index >= 15 is 0 Å². The third-order valence-corrected chi connectivity index (χ3v) is 3.87. The van der Waals surface area contributed by atoms with E-state index in [1.165, 1.54) is 0 Å². The number of hydrogen-bond donors (Lipinski definition) is 0. The van der Waals surface area contributed by atoms with E-state index in [2.05, 4.69) is 6.58 Å². The second kappa shape index (κ2) is 6.22. The highest BCUT2D eigenvalue weighted by atomic mass is 35.5. The SMILES string of the molecule is C=C(CCl)CSc1ccc2c(c1)OCCCO2. The van der Waals surface area contributed by atoms with Crippen LogP contribution in [-0.4, -0.2) is 24.8 Å². The van der Waals surface area contributed by atoms with Crippen molar-refractivity contribution >= 4 is 23.4 Å². The Morgan fingerprint density at radius 3 is 2.82 bits per heavy atom. The highest BCUT2D eigenvalue weighted by Gasteiger charge is 2.10. The molecule has 1 aliphatic heterocycles. The second-order valence-corrected chi connectivity index (χ2v) is 5.15. The van der Waals surface area contributed by atoms with Crippen molar-refractivity contribution in [1.82, 2.24) is 0 Å². The van der Waals surface area contributed by atoms with Crippen LogP contribution in [-0.2, 0) is 0 Å². The molecule has 0 aromatic heterocycles. The molecule has 0 aliphatic carbocycles. The summed E-state index contributed by atoms with van der Waals surface area (Å²) in [6, 6.07) is 6.03. The molecular formula is C13H15ClO2S. The van der Waals surface area contributed by atoms with Crippen molar-refractivity contribution < 1.29 is 9.47 Å². The topological polar surface area (TPSA) is 18.5 Å². The van der Waals surface area contributed by atoms with Crippen molar-refractivity contribution in [1.29, 1.82) is 0 Å². The molecule has 92 valence electrons. The average Bonchev–Trinajstić information content (AvgIpc) is 2.60. The summed E-state index contributed by atoms with van der Waals surface area (Å²) < 4.78 is 11.2. The van der Waals surface area contributed by atoms with Crippen LogP contribution in [0.3, 0.4) is 0 Å². The van der Waals surface area contributed by atoms with Gasteiger partial charge < -0.3 is 9.47 Å². The van der Waals surface area contributed by atoms with E-state index in [0.717, 1.165) is 47.4 Å². The van der Waals surface area contributed by atoms with Gasteiger partial charge >= 0.3 is 0 Å². The molecular weight excluding hydrogens is 256 g/mol. The number of fused-ring (bicyclic) bond motifs is 1. The molecule has 2 rings (SSSR count). The molecule has 0 atom stereocenters. The smallest absolute Gasteiger partial charge is 0.162 e. The summed E-state index contributed by atoms with van der Waals surface area (Å²) in [7, 11) is 0. The van der Waals surface area contributed by atoms with Gasteiger partial charge in [-0.1, -0.05) is 12.2 Å². The number of hydrogen-bond acceptors (Lipinski definition) is 3. The number of halogens is 1. The summed E-state index contributed by atoms with van der Waals surface area (Å²) in [6.45, 7) is 5.32. The molecule has 4 heteroatoms. The van der Waals surface area contributed by atoms with Gasteiger partial charge in [-0.15, -0.1) is 23.4 Å². The van der Waals surface area contributed by atoms with Crippen LogP contribution in [0.15, 0.2) is 35.2 Å². The number of thioether (sulfide) groups is 1. The van der Waals surface area contributed by atoms with E-state index < -0.39 is 0 Å². The summed E-state index contributed by atoms with van der Waals surface area (Å²) in [4.78, 5) is 1.15. The van der Waals surface area contributed by atoms with Crippen LogP contribution < -0.4 is 9.47 Å². The van der Waals surface area contributed by atoms with Crippen LogP contribution in [0.5, 0.6) is 11.5 Å². The summed E-state index contributed by atoms with van der Waals surface area (Å²) >= 11 is 7.41. The monoisotopic (exact) mass is 270 g/mol. The van der Waals surface area contributed by atoms with Gasteiger partial charge in [0.15, 0.2) is 11.5 Å². The van der Waals surface area contributed by atoms with Crippen LogP contribution >= 0.6 is 23.4 Å². The van der Waals surface area contributed by atoms with E-state index in [1.54, 1.807) is 11.8 Å². The Kier molecular flexibility index (Phi) is 4.63.